The molecule has 0 aromatic heterocycles. The number of rotatable bonds is 3. The zero-order valence-corrected chi connectivity index (χ0v) is 5.59. The van der Waals surface area contributed by atoms with Crippen LogP contribution in [0.15, 0.2) is 4.99 Å². The van der Waals surface area contributed by atoms with E-state index in [1.54, 1.807) is 14.0 Å². The first-order chi connectivity index (χ1) is 4.26. The summed E-state index contributed by atoms with van der Waals surface area (Å²) in [5.74, 6) is -0.421. The van der Waals surface area contributed by atoms with E-state index in [2.05, 4.69) is 4.99 Å². The van der Waals surface area contributed by atoms with Crippen molar-refractivity contribution >= 4 is 18.2 Å². The molecule has 0 spiro atoms. The van der Waals surface area contributed by atoms with E-state index in [4.69, 9.17) is 5.41 Å². The van der Waals surface area contributed by atoms with Crippen molar-refractivity contribution in [3.8, 4) is 0 Å². The van der Waals surface area contributed by atoms with Gasteiger partial charge in [-0.15, -0.1) is 0 Å². The number of hydrogen-bond acceptors (Lipinski definition) is 3. The van der Waals surface area contributed by atoms with Gasteiger partial charge in [-0.05, 0) is 6.92 Å². The largest absolute Gasteiger partial charge is 0.312 e. The molecular formula is C6H10N2O. The third-order valence-corrected chi connectivity index (χ3v) is 1.16. The molecule has 3 heteroatoms. The number of hydrogen-bond donors (Lipinski definition) is 1. The number of aliphatic imine (C=N–C) groups is 1. The minimum atomic E-state index is -0.421. The van der Waals surface area contributed by atoms with Gasteiger partial charge in [-0.25, -0.2) is 0 Å². The molecule has 9 heavy (non-hydrogen) atoms. The van der Waals surface area contributed by atoms with E-state index in [0.717, 1.165) is 6.21 Å². The number of nitrogens with zero attached hydrogens (tertiary/aromatic N) is 1. The molecule has 0 heterocycles. The topological polar surface area (TPSA) is 53.3 Å². The van der Waals surface area contributed by atoms with Crippen LogP contribution in [0.2, 0.25) is 0 Å². The third-order valence-electron chi connectivity index (χ3n) is 1.16. The number of aldehydes is 1. The molecule has 3 nitrogen and oxygen atoms in total. The molecule has 0 aromatic carbocycles. The molecule has 1 unspecified atom stereocenters. The molecule has 0 aliphatic heterocycles. The van der Waals surface area contributed by atoms with E-state index in [0.29, 0.717) is 12.0 Å². The minimum absolute atomic E-state index is 0.421. The summed E-state index contributed by atoms with van der Waals surface area (Å²) >= 11 is 0. The molecule has 0 saturated heterocycles. The summed E-state index contributed by atoms with van der Waals surface area (Å²) in [6.45, 7) is 1.73. The Kier molecular flexibility index (Phi) is 3.51. The maximum Gasteiger partial charge on any atom is 0.134 e. The van der Waals surface area contributed by atoms with Crippen molar-refractivity contribution in [3.63, 3.8) is 0 Å². The fourth-order valence-corrected chi connectivity index (χ4v) is 0.407. The minimum Gasteiger partial charge on any atom is -0.312 e. The van der Waals surface area contributed by atoms with Crippen molar-refractivity contribution in [2.75, 3.05) is 7.05 Å². The molecule has 0 radical (unpaired) electrons. The third kappa shape index (κ3) is 2.17. The maximum absolute atomic E-state index is 10.1. The second-order valence-corrected chi connectivity index (χ2v) is 1.69. The van der Waals surface area contributed by atoms with Crippen LogP contribution in [0.3, 0.4) is 0 Å². The standard InChI is InChI=1S/C6H10N2O/c1-5(8-2)6(3-7)4-9/h3-4,6-7H,1-2H3. The Balaban J connectivity index is 4.11. The second-order valence-electron chi connectivity index (χ2n) is 1.69. The predicted octanol–water partition coefficient (Wildman–Crippen LogP) is 0.542. The zero-order valence-electron chi connectivity index (χ0n) is 5.59. The average Bonchev–Trinajstić information content (AvgIpc) is 1.90. The maximum atomic E-state index is 10.1. The SMILES string of the molecule is CN=C(C)C(C=N)C=O. The molecule has 1 atom stereocenters. The highest BCUT2D eigenvalue weighted by Crippen LogP contribution is 1.89. The van der Waals surface area contributed by atoms with Gasteiger partial charge in [0.2, 0.25) is 0 Å². The summed E-state index contributed by atoms with van der Waals surface area (Å²) in [5.41, 5.74) is 0.681. The fourth-order valence-electron chi connectivity index (χ4n) is 0.407. The van der Waals surface area contributed by atoms with Gasteiger partial charge in [0, 0.05) is 19.0 Å². The van der Waals surface area contributed by atoms with E-state index in [-0.39, 0.29) is 0 Å². The van der Waals surface area contributed by atoms with E-state index in [9.17, 15) is 4.79 Å². The van der Waals surface area contributed by atoms with Crippen LogP contribution in [-0.2, 0) is 4.79 Å². The molecule has 0 bridgehead atoms. The second kappa shape index (κ2) is 3.95. The van der Waals surface area contributed by atoms with Gasteiger partial charge in [-0.2, -0.15) is 0 Å². The van der Waals surface area contributed by atoms with Crippen molar-refractivity contribution in [1.82, 2.24) is 0 Å². The van der Waals surface area contributed by atoms with Crippen molar-refractivity contribution < 1.29 is 4.79 Å². The quantitative estimate of drug-likeness (QED) is 0.435. The van der Waals surface area contributed by atoms with Crippen LogP contribution in [0, 0.1) is 11.3 Å². The first kappa shape index (κ1) is 8.01. The monoisotopic (exact) mass is 126 g/mol. The Morgan fingerprint density at radius 1 is 1.78 bits per heavy atom. The molecule has 50 valence electrons. The molecule has 0 aliphatic carbocycles. The molecule has 0 aliphatic rings. The highest BCUT2D eigenvalue weighted by atomic mass is 16.1. The molecule has 0 fully saturated rings. The number of carbonyl (C=O) groups excluding carboxylic acids is 1. The summed E-state index contributed by atoms with van der Waals surface area (Å²) in [6, 6.07) is 0. The summed E-state index contributed by atoms with van der Waals surface area (Å²) in [4.78, 5) is 13.9. The van der Waals surface area contributed by atoms with Crippen LogP contribution in [0.4, 0.5) is 0 Å². The van der Waals surface area contributed by atoms with Crippen molar-refractivity contribution in [3.05, 3.63) is 0 Å². The summed E-state index contributed by atoms with van der Waals surface area (Å²) in [7, 11) is 1.61. The highest BCUT2D eigenvalue weighted by molar-refractivity contribution is 6.08. The normalized spacial score (nSPS) is 14.7. The highest BCUT2D eigenvalue weighted by Gasteiger charge is 2.04. The summed E-state index contributed by atoms with van der Waals surface area (Å²) in [6.07, 6.45) is 1.78. The first-order valence-electron chi connectivity index (χ1n) is 2.65. The Morgan fingerprint density at radius 3 is 2.44 bits per heavy atom. The van der Waals surface area contributed by atoms with Crippen LogP contribution in [0.5, 0.6) is 0 Å². The number of carbonyl (C=O) groups is 1. The Bertz CT molecular complexity index is 132. The lowest BCUT2D eigenvalue weighted by Crippen LogP contribution is -2.13. The molecule has 0 amide bonds. The van der Waals surface area contributed by atoms with E-state index >= 15 is 0 Å². The van der Waals surface area contributed by atoms with Crippen molar-refractivity contribution in [2.24, 2.45) is 10.9 Å². The van der Waals surface area contributed by atoms with Crippen molar-refractivity contribution in [1.29, 1.82) is 5.41 Å². The predicted molar refractivity (Wildman–Crippen MR) is 37.4 cm³/mol. The van der Waals surface area contributed by atoms with Crippen LogP contribution in [0.1, 0.15) is 6.92 Å². The molecule has 1 N–H and O–H groups in total. The average molecular weight is 126 g/mol. The van der Waals surface area contributed by atoms with Crippen LogP contribution in [0.25, 0.3) is 0 Å². The van der Waals surface area contributed by atoms with Crippen LogP contribution in [-0.4, -0.2) is 25.3 Å². The van der Waals surface area contributed by atoms with E-state index < -0.39 is 5.92 Å². The van der Waals surface area contributed by atoms with Crippen LogP contribution < -0.4 is 0 Å². The smallest absolute Gasteiger partial charge is 0.134 e. The van der Waals surface area contributed by atoms with Gasteiger partial charge in [0.15, 0.2) is 0 Å². The van der Waals surface area contributed by atoms with Gasteiger partial charge in [0.25, 0.3) is 0 Å². The van der Waals surface area contributed by atoms with Crippen molar-refractivity contribution in [2.45, 2.75) is 6.92 Å². The summed E-state index contributed by atoms with van der Waals surface area (Å²) in [5, 5.41) is 6.76. The first-order valence-corrected chi connectivity index (χ1v) is 2.65. The van der Waals surface area contributed by atoms with Gasteiger partial charge in [-0.1, -0.05) is 0 Å². The van der Waals surface area contributed by atoms with Crippen LogP contribution >= 0.6 is 0 Å². The molecule has 0 rings (SSSR count). The summed E-state index contributed by atoms with van der Waals surface area (Å²) < 4.78 is 0. The van der Waals surface area contributed by atoms with Gasteiger partial charge in [0.05, 0.1) is 5.92 Å². The molecule has 0 aromatic rings. The lowest BCUT2D eigenvalue weighted by molar-refractivity contribution is -0.108. The van der Waals surface area contributed by atoms with Gasteiger partial charge in [0.1, 0.15) is 6.29 Å². The van der Waals surface area contributed by atoms with Gasteiger partial charge >= 0.3 is 0 Å². The lowest BCUT2D eigenvalue weighted by atomic mass is 10.1. The zero-order chi connectivity index (χ0) is 7.28. The lowest BCUT2D eigenvalue weighted by Gasteiger charge is -1.98. The Morgan fingerprint density at radius 2 is 2.33 bits per heavy atom. The molecular weight excluding hydrogens is 116 g/mol. The molecule has 0 saturated carbocycles. The van der Waals surface area contributed by atoms with E-state index in [1.165, 1.54) is 0 Å². The fraction of sp³-hybridized carbons (Fsp3) is 0.500. The van der Waals surface area contributed by atoms with Gasteiger partial charge < -0.3 is 10.2 Å². The van der Waals surface area contributed by atoms with Gasteiger partial charge in [-0.3, -0.25) is 4.99 Å². The number of nitrogens with one attached hydrogen (secondary N) is 1. The van der Waals surface area contributed by atoms with E-state index in [1.807, 2.05) is 0 Å². The Labute approximate surface area is 54.3 Å². The Hall–Kier alpha value is -0.990.